The smallest absolute Gasteiger partial charge is 0.118 e. The molecule has 0 spiro atoms. The summed E-state index contributed by atoms with van der Waals surface area (Å²) in [4.78, 5) is 1.30. The number of ether oxygens (including phenoxy) is 1. The van der Waals surface area contributed by atoms with Crippen molar-refractivity contribution in [1.82, 2.24) is 5.32 Å². The molecule has 0 aliphatic rings. The van der Waals surface area contributed by atoms with Gasteiger partial charge in [-0.2, -0.15) is 0 Å². The molecule has 0 radical (unpaired) electrons. The Balaban J connectivity index is 2.10. The fourth-order valence-electron chi connectivity index (χ4n) is 1.50. The average molecular weight is 267 g/mol. The zero-order valence-corrected chi connectivity index (χ0v) is 12.8. The quantitative estimate of drug-likeness (QED) is 0.599. The Morgan fingerprint density at radius 1 is 1.11 bits per heavy atom. The van der Waals surface area contributed by atoms with Crippen LogP contribution < -0.4 is 10.1 Å². The van der Waals surface area contributed by atoms with Crippen molar-refractivity contribution >= 4 is 11.8 Å². The van der Waals surface area contributed by atoms with Crippen LogP contribution in [0.4, 0.5) is 0 Å². The highest BCUT2D eigenvalue weighted by molar-refractivity contribution is 7.99. The second-order valence-electron chi connectivity index (χ2n) is 5.58. The van der Waals surface area contributed by atoms with Crippen LogP contribution >= 0.6 is 11.8 Å². The molecule has 3 heteroatoms. The van der Waals surface area contributed by atoms with Gasteiger partial charge < -0.3 is 10.1 Å². The standard InChI is InChI=1S/C15H25NOS/c1-15(2,3)9-10-16-11-12-18-14-7-5-13(17-4)6-8-14/h5-8,16H,9-12H2,1-4H3. The first kappa shape index (κ1) is 15.4. The normalized spacial score (nSPS) is 11.6. The molecule has 0 bridgehead atoms. The fraction of sp³-hybridized carbons (Fsp3) is 0.600. The molecule has 0 amide bonds. The van der Waals surface area contributed by atoms with Gasteiger partial charge in [-0.25, -0.2) is 0 Å². The summed E-state index contributed by atoms with van der Waals surface area (Å²) < 4.78 is 5.14. The lowest BCUT2D eigenvalue weighted by Crippen LogP contribution is -2.22. The summed E-state index contributed by atoms with van der Waals surface area (Å²) in [5.41, 5.74) is 0.427. The van der Waals surface area contributed by atoms with E-state index in [0.29, 0.717) is 5.41 Å². The van der Waals surface area contributed by atoms with Gasteiger partial charge in [-0.1, -0.05) is 20.8 Å². The summed E-state index contributed by atoms with van der Waals surface area (Å²) in [6.07, 6.45) is 1.22. The molecule has 2 nitrogen and oxygen atoms in total. The summed E-state index contributed by atoms with van der Waals surface area (Å²) in [6, 6.07) is 8.24. The van der Waals surface area contributed by atoms with E-state index in [1.54, 1.807) is 7.11 Å². The number of methoxy groups -OCH3 is 1. The first-order chi connectivity index (χ1) is 8.51. The molecular weight excluding hydrogens is 242 g/mol. The Kier molecular flexibility index (Phi) is 6.58. The van der Waals surface area contributed by atoms with Gasteiger partial charge in [0.05, 0.1) is 7.11 Å². The SMILES string of the molecule is COc1ccc(SCCNCCC(C)(C)C)cc1. The van der Waals surface area contributed by atoms with Crippen LogP contribution in [0.1, 0.15) is 27.2 Å². The number of hydrogen-bond acceptors (Lipinski definition) is 3. The largest absolute Gasteiger partial charge is 0.497 e. The highest BCUT2D eigenvalue weighted by atomic mass is 32.2. The van der Waals surface area contributed by atoms with Gasteiger partial charge in [-0.15, -0.1) is 11.8 Å². The van der Waals surface area contributed by atoms with Crippen LogP contribution in [-0.4, -0.2) is 26.0 Å². The highest BCUT2D eigenvalue weighted by Gasteiger charge is 2.08. The van der Waals surface area contributed by atoms with E-state index in [2.05, 4.69) is 38.2 Å². The van der Waals surface area contributed by atoms with Crippen molar-refractivity contribution in [1.29, 1.82) is 0 Å². The fourth-order valence-corrected chi connectivity index (χ4v) is 2.31. The Morgan fingerprint density at radius 3 is 2.33 bits per heavy atom. The van der Waals surface area contributed by atoms with E-state index >= 15 is 0 Å². The van der Waals surface area contributed by atoms with E-state index in [9.17, 15) is 0 Å². The third kappa shape index (κ3) is 6.92. The van der Waals surface area contributed by atoms with Gasteiger partial charge in [0.1, 0.15) is 5.75 Å². The van der Waals surface area contributed by atoms with Crippen molar-refractivity contribution in [3.63, 3.8) is 0 Å². The Morgan fingerprint density at radius 2 is 1.78 bits per heavy atom. The number of benzene rings is 1. The minimum Gasteiger partial charge on any atom is -0.497 e. The van der Waals surface area contributed by atoms with E-state index in [0.717, 1.165) is 24.6 Å². The molecule has 0 aromatic heterocycles. The van der Waals surface area contributed by atoms with Crippen LogP contribution in [0, 0.1) is 5.41 Å². The number of hydrogen-bond donors (Lipinski definition) is 1. The molecule has 0 aliphatic carbocycles. The minimum absolute atomic E-state index is 0.427. The first-order valence-corrected chi connectivity index (χ1v) is 7.47. The van der Waals surface area contributed by atoms with Gasteiger partial charge in [-0.3, -0.25) is 0 Å². The molecule has 18 heavy (non-hydrogen) atoms. The number of thioether (sulfide) groups is 1. The monoisotopic (exact) mass is 267 g/mol. The molecule has 1 aromatic carbocycles. The second kappa shape index (κ2) is 7.70. The number of nitrogens with one attached hydrogen (secondary N) is 1. The molecule has 1 N–H and O–H groups in total. The first-order valence-electron chi connectivity index (χ1n) is 6.49. The summed E-state index contributed by atoms with van der Waals surface area (Å²) in [6.45, 7) is 9.00. The van der Waals surface area contributed by atoms with Crippen molar-refractivity contribution < 1.29 is 4.74 Å². The third-order valence-electron chi connectivity index (χ3n) is 2.66. The lowest BCUT2D eigenvalue weighted by Gasteiger charge is -2.17. The number of rotatable bonds is 7. The van der Waals surface area contributed by atoms with E-state index in [-0.39, 0.29) is 0 Å². The van der Waals surface area contributed by atoms with Gasteiger partial charge in [0.15, 0.2) is 0 Å². The Hall–Kier alpha value is -0.670. The summed E-state index contributed by atoms with van der Waals surface area (Å²) in [5.74, 6) is 2.03. The molecule has 0 fully saturated rings. The topological polar surface area (TPSA) is 21.3 Å². The van der Waals surface area contributed by atoms with Crippen LogP contribution in [0.25, 0.3) is 0 Å². The highest BCUT2D eigenvalue weighted by Crippen LogP contribution is 2.21. The van der Waals surface area contributed by atoms with Crippen LogP contribution in [0.5, 0.6) is 5.75 Å². The van der Waals surface area contributed by atoms with Crippen molar-refractivity contribution in [2.24, 2.45) is 5.41 Å². The van der Waals surface area contributed by atoms with E-state index in [1.165, 1.54) is 11.3 Å². The maximum Gasteiger partial charge on any atom is 0.118 e. The zero-order valence-electron chi connectivity index (χ0n) is 12.0. The zero-order chi connectivity index (χ0) is 13.4. The maximum absolute atomic E-state index is 5.14. The average Bonchev–Trinajstić information content (AvgIpc) is 2.33. The van der Waals surface area contributed by atoms with Crippen LogP contribution in [0.15, 0.2) is 29.2 Å². The third-order valence-corrected chi connectivity index (χ3v) is 3.67. The van der Waals surface area contributed by atoms with Gasteiger partial charge in [0.25, 0.3) is 0 Å². The van der Waals surface area contributed by atoms with Crippen molar-refractivity contribution in [3.05, 3.63) is 24.3 Å². The van der Waals surface area contributed by atoms with E-state index in [1.807, 2.05) is 23.9 Å². The predicted octanol–water partition coefficient (Wildman–Crippen LogP) is 3.81. The van der Waals surface area contributed by atoms with Gasteiger partial charge in [-0.05, 0) is 42.6 Å². The maximum atomic E-state index is 5.14. The Labute approximate surface area is 116 Å². The van der Waals surface area contributed by atoms with Crippen molar-refractivity contribution in [3.8, 4) is 5.75 Å². The lowest BCUT2D eigenvalue weighted by atomic mass is 9.92. The predicted molar refractivity (Wildman–Crippen MR) is 80.7 cm³/mol. The van der Waals surface area contributed by atoms with Gasteiger partial charge in [0.2, 0.25) is 0 Å². The van der Waals surface area contributed by atoms with Crippen molar-refractivity contribution in [2.45, 2.75) is 32.1 Å². The molecule has 0 aliphatic heterocycles. The summed E-state index contributed by atoms with van der Waals surface area (Å²) in [7, 11) is 1.70. The van der Waals surface area contributed by atoms with Crippen molar-refractivity contribution in [2.75, 3.05) is 26.0 Å². The molecule has 0 saturated carbocycles. The van der Waals surface area contributed by atoms with Crippen LogP contribution in [0.2, 0.25) is 0 Å². The molecule has 1 rings (SSSR count). The van der Waals surface area contributed by atoms with E-state index in [4.69, 9.17) is 4.74 Å². The molecule has 0 atom stereocenters. The van der Waals surface area contributed by atoms with Crippen LogP contribution in [-0.2, 0) is 0 Å². The molecule has 1 aromatic rings. The molecule has 0 saturated heterocycles. The molecule has 102 valence electrons. The lowest BCUT2D eigenvalue weighted by molar-refractivity contribution is 0.369. The summed E-state index contributed by atoms with van der Waals surface area (Å²) in [5, 5.41) is 3.49. The van der Waals surface area contributed by atoms with Gasteiger partial charge >= 0.3 is 0 Å². The Bertz CT molecular complexity index is 329. The molecule has 0 unspecified atom stereocenters. The summed E-state index contributed by atoms with van der Waals surface area (Å²) >= 11 is 1.88. The minimum atomic E-state index is 0.427. The second-order valence-corrected chi connectivity index (χ2v) is 6.75. The molecule has 0 heterocycles. The van der Waals surface area contributed by atoms with Gasteiger partial charge in [0, 0.05) is 17.2 Å². The molecular formula is C15H25NOS. The van der Waals surface area contributed by atoms with E-state index < -0.39 is 0 Å². The van der Waals surface area contributed by atoms with Crippen LogP contribution in [0.3, 0.4) is 0 Å².